The van der Waals surface area contributed by atoms with Gasteiger partial charge in [-0.15, -0.1) is 0 Å². The lowest BCUT2D eigenvalue weighted by Gasteiger charge is -2.37. The SMILES string of the molecule is CC1(C)CN(Cc2ccc(N)c([N+](=O)[O-])c2)CCS1. The summed E-state index contributed by atoms with van der Waals surface area (Å²) in [7, 11) is 0. The quantitative estimate of drug-likeness (QED) is 0.523. The van der Waals surface area contributed by atoms with Crippen molar-refractivity contribution < 1.29 is 4.92 Å². The van der Waals surface area contributed by atoms with Gasteiger partial charge in [0.15, 0.2) is 0 Å². The maximum Gasteiger partial charge on any atom is 0.292 e. The van der Waals surface area contributed by atoms with Gasteiger partial charge >= 0.3 is 0 Å². The van der Waals surface area contributed by atoms with Crippen LogP contribution in [0.4, 0.5) is 11.4 Å². The zero-order valence-electron chi connectivity index (χ0n) is 11.3. The summed E-state index contributed by atoms with van der Waals surface area (Å²) in [6.07, 6.45) is 0. The Bertz CT molecular complexity index is 491. The van der Waals surface area contributed by atoms with E-state index in [9.17, 15) is 10.1 Å². The lowest BCUT2D eigenvalue weighted by Crippen LogP contribution is -2.42. The van der Waals surface area contributed by atoms with Crippen molar-refractivity contribution in [3.8, 4) is 0 Å². The molecule has 1 aromatic rings. The zero-order chi connectivity index (χ0) is 14.0. The zero-order valence-corrected chi connectivity index (χ0v) is 12.1. The molecule has 2 N–H and O–H groups in total. The highest BCUT2D eigenvalue weighted by molar-refractivity contribution is 8.00. The second-order valence-electron chi connectivity index (χ2n) is 5.47. The van der Waals surface area contributed by atoms with Crippen LogP contribution in [0.3, 0.4) is 0 Å². The maximum absolute atomic E-state index is 10.9. The molecule has 0 unspecified atom stereocenters. The molecule has 1 heterocycles. The molecule has 0 saturated carbocycles. The smallest absolute Gasteiger partial charge is 0.292 e. The number of anilines is 1. The Morgan fingerprint density at radius 2 is 2.26 bits per heavy atom. The van der Waals surface area contributed by atoms with Crippen LogP contribution in [-0.2, 0) is 6.54 Å². The number of rotatable bonds is 3. The Morgan fingerprint density at radius 1 is 1.53 bits per heavy atom. The summed E-state index contributed by atoms with van der Waals surface area (Å²) in [5.74, 6) is 1.10. The Morgan fingerprint density at radius 3 is 2.89 bits per heavy atom. The Labute approximate surface area is 117 Å². The Kier molecular flexibility index (Phi) is 4.01. The van der Waals surface area contributed by atoms with Crippen LogP contribution in [0.1, 0.15) is 19.4 Å². The molecule has 0 aromatic heterocycles. The first-order valence-electron chi connectivity index (χ1n) is 6.26. The molecule has 6 heteroatoms. The fraction of sp³-hybridized carbons (Fsp3) is 0.538. The molecule has 0 spiro atoms. The van der Waals surface area contributed by atoms with Gasteiger partial charge in [0.25, 0.3) is 5.69 Å². The number of nitrogens with zero attached hydrogens (tertiary/aromatic N) is 2. The van der Waals surface area contributed by atoms with Gasteiger partial charge in [-0.25, -0.2) is 0 Å². The van der Waals surface area contributed by atoms with Crippen LogP contribution in [0.5, 0.6) is 0 Å². The van der Waals surface area contributed by atoms with Crippen molar-refractivity contribution in [3.05, 3.63) is 33.9 Å². The molecule has 0 aliphatic carbocycles. The van der Waals surface area contributed by atoms with Gasteiger partial charge in [-0.05, 0) is 25.5 Å². The number of nitrogen functional groups attached to an aromatic ring is 1. The fourth-order valence-corrected chi connectivity index (χ4v) is 3.53. The first-order valence-corrected chi connectivity index (χ1v) is 7.25. The topological polar surface area (TPSA) is 72.4 Å². The van der Waals surface area contributed by atoms with Crippen LogP contribution in [0.25, 0.3) is 0 Å². The Balaban J connectivity index is 2.11. The van der Waals surface area contributed by atoms with Gasteiger partial charge in [0.05, 0.1) is 4.92 Å². The summed E-state index contributed by atoms with van der Waals surface area (Å²) < 4.78 is 0.248. The molecule has 2 rings (SSSR count). The van der Waals surface area contributed by atoms with Crippen molar-refractivity contribution in [2.75, 3.05) is 24.6 Å². The molecule has 1 aliphatic rings. The van der Waals surface area contributed by atoms with Crippen LogP contribution < -0.4 is 5.73 Å². The lowest BCUT2D eigenvalue weighted by atomic mass is 10.1. The number of nitrogens with two attached hydrogens (primary N) is 1. The molecule has 19 heavy (non-hydrogen) atoms. The van der Waals surface area contributed by atoms with Crippen molar-refractivity contribution in [1.82, 2.24) is 4.90 Å². The van der Waals surface area contributed by atoms with Crippen LogP contribution in [0.2, 0.25) is 0 Å². The summed E-state index contributed by atoms with van der Waals surface area (Å²) in [5.41, 5.74) is 6.78. The second kappa shape index (κ2) is 5.38. The summed E-state index contributed by atoms with van der Waals surface area (Å²) in [5, 5.41) is 10.9. The van der Waals surface area contributed by atoms with Crippen molar-refractivity contribution in [2.45, 2.75) is 25.1 Å². The van der Waals surface area contributed by atoms with Crippen molar-refractivity contribution in [2.24, 2.45) is 0 Å². The standard InChI is InChI=1S/C13H19N3O2S/c1-13(2)9-15(5-6-19-13)8-10-3-4-11(14)12(7-10)16(17)18/h3-4,7H,5-6,8-9,14H2,1-2H3. The van der Waals surface area contributed by atoms with E-state index in [4.69, 9.17) is 5.73 Å². The van der Waals surface area contributed by atoms with Gasteiger partial charge in [-0.2, -0.15) is 11.8 Å². The minimum atomic E-state index is -0.422. The number of hydrogen-bond acceptors (Lipinski definition) is 5. The van der Waals surface area contributed by atoms with E-state index in [1.165, 1.54) is 0 Å². The number of benzene rings is 1. The van der Waals surface area contributed by atoms with E-state index in [0.717, 1.165) is 31.0 Å². The van der Waals surface area contributed by atoms with Gasteiger partial charge < -0.3 is 5.73 Å². The fourth-order valence-electron chi connectivity index (χ4n) is 2.35. The van der Waals surface area contributed by atoms with Crippen molar-refractivity contribution in [1.29, 1.82) is 0 Å². The highest BCUT2D eigenvalue weighted by Gasteiger charge is 2.27. The van der Waals surface area contributed by atoms with Crippen LogP contribution in [0.15, 0.2) is 18.2 Å². The van der Waals surface area contributed by atoms with E-state index in [2.05, 4.69) is 18.7 Å². The number of nitro benzene ring substituents is 1. The number of thioether (sulfide) groups is 1. The van der Waals surface area contributed by atoms with Crippen molar-refractivity contribution >= 4 is 23.1 Å². The van der Waals surface area contributed by atoms with Gasteiger partial charge in [0.1, 0.15) is 5.69 Å². The predicted octanol–water partition coefficient (Wildman–Crippen LogP) is 2.50. The third-order valence-corrected chi connectivity index (χ3v) is 4.50. The molecule has 1 aliphatic heterocycles. The normalized spacial score (nSPS) is 19.3. The minimum Gasteiger partial charge on any atom is -0.393 e. The van der Waals surface area contributed by atoms with Crippen LogP contribution >= 0.6 is 11.8 Å². The monoisotopic (exact) mass is 281 g/mol. The van der Waals surface area contributed by atoms with Crippen molar-refractivity contribution in [3.63, 3.8) is 0 Å². The van der Waals surface area contributed by atoms with E-state index in [-0.39, 0.29) is 16.1 Å². The molecule has 0 atom stereocenters. The molecule has 1 saturated heterocycles. The Hall–Kier alpha value is -1.27. The minimum absolute atomic E-state index is 0.00291. The van der Waals surface area contributed by atoms with E-state index >= 15 is 0 Å². The maximum atomic E-state index is 10.9. The summed E-state index contributed by atoms with van der Waals surface area (Å²) in [6.45, 7) is 7.22. The average Bonchev–Trinajstić information content (AvgIpc) is 2.30. The largest absolute Gasteiger partial charge is 0.393 e. The predicted molar refractivity (Wildman–Crippen MR) is 79.3 cm³/mol. The summed E-state index contributed by atoms with van der Waals surface area (Å²) >= 11 is 1.98. The molecular formula is C13H19N3O2S. The van der Waals surface area contributed by atoms with Gasteiger partial charge in [-0.3, -0.25) is 15.0 Å². The van der Waals surface area contributed by atoms with E-state index in [1.807, 2.05) is 17.8 Å². The van der Waals surface area contributed by atoms with E-state index < -0.39 is 4.92 Å². The van der Waals surface area contributed by atoms with E-state index in [0.29, 0.717) is 0 Å². The second-order valence-corrected chi connectivity index (χ2v) is 7.27. The number of hydrogen-bond donors (Lipinski definition) is 1. The van der Waals surface area contributed by atoms with Gasteiger partial charge in [0.2, 0.25) is 0 Å². The molecule has 5 nitrogen and oxygen atoms in total. The lowest BCUT2D eigenvalue weighted by molar-refractivity contribution is -0.384. The summed E-state index contributed by atoms with van der Waals surface area (Å²) in [4.78, 5) is 12.8. The molecule has 0 bridgehead atoms. The molecule has 1 aromatic carbocycles. The molecular weight excluding hydrogens is 262 g/mol. The average molecular weight is 281 g/mol. The highest BCUT2D eigenvalue weighted by atomic mass is 32.2. The molecule has 0 radical (unpaired) electrons. The third kappa shape index (κ3) is 3.61. The first kappa shape index (κ1) is 14.1. The van der Waals surface area contributed by atoms with Crippen LogP contribution in [-0.4, -0.2) is 33.4 Å². The third-order valence-electron chi connectivity index (χ3n) is 3.20. The van der Waals surface area contributed by atoms with Gasteiger partial charge in [-0.1, -0.05) is 6.07 Å². The first-order chi connectivity index (χ1) is 8.87. The van der Waals surface area contributed by atoms with E-state index in [1.54, 1.807) is 12.1 Å². The number of nitro groups is 1. The molecule has 0 amide bonds. The highest BCUT2D eigenvalue weighted by Crippen LogP contribution is 2.31. The molecule has 104 valence electrons. The summed E-state index contributed by atoms with van der Waals surface area (Å²) in [6, 6.07) is 5.08. The molecule has 1 fully saturated rings. The van der Waals surface area contributed by atoms with Gasteiger partial charge in [0, 0.05) is 36.2 Å². The van der Waals surface area contributed by atoms with Crippen LogP contribution in [0, 0.1) is 10.1 Å².